The molecule has 7 heteroatoms. The second-order valence-corrected chi connectivity index (χ2v) is 6.25. The Balaban J connectivity index is 1.94. The lowest BCUT2D eigenvalue weighted by atomic mass is 10.0. The third-order valence-corrected chi connectivity index (χ3v) is 4.32. The van der Waals surface area contributed by atoms with Crippen LogP contribution in [0, 0.1) is 6.92 Å². The number of carboxylic acid groups (broad SMARTS) is 1. The van der Waals surface area contributed by atoms with Gasteiger partial charge in [-0.1, -0.05) is 0 Å². The third-order valence-electron chi connectivity index (χ3n) is 4.32. The molecule has 1 aromatic carbocycles. The van der Waals surface area contributed by atoms with Crippen LogP contribution in [0.4, 0.5) is 0 Å². The number of ketones is 1. The number of benzene rings is 1. The molecule has 1 heterocycles. The SMILES string of the molecule is CCOc1ccc(C(=O)CCC(=O)N2CCOCC2CC(=O)O)cc1C. The Bertz CT molecular complexity index is 672. The fourth-order valence-electron chi connectivity index (χ4n) is 3.00. The predicted octanol–water partition coefficient (Wildman–Crippen LogP) is 2.06. The molecule has 0 aromatic heterocycles. The number of carbonyl (C=O) groups excluding carboxylic acids is 2. The number of amides is 1. The van der Waals surface area contributed by atoms with E-state index in [-0.39, 0.29) is 37.6 Å². The molecule has 1 aromatic rings. The van der Waals surface area contributed by atoms with Crippen LogP contribution in [-0.2, 0) is 14.3 Å². The zero-order valence-electron chi connectivity index (χ0n) is 15.2. The first-order valence-corrected chi connectivity index (χ1v) is 8.78. The van der Waals surface area contributed by atoms with Crippen molar-refractivity contribution in [2.24, 2.45) is 0 Å². The maximum atomic E-state index is 12.4. The van der Waals surface area contributed by atoms with E-state index in [0.29, 0.717) is 25.3 Å². The Morgan fingerprint density at radius 2 is 2.08 bits per heavy atom. The van der Waals surface area contributed by atoms with Crippen molar-refractivity contribution in [3.05, 3.63) is 29.3 Å². The highest BCUT2D eigenvalue weighted by Crippen LogP contribution is 2.21. The number of carboxylic acids is 1. The van der Waals surface area contributed by atoms with E-state index < -0.39 is 12.0 Å². The fourth-order valence-corrected chi connectivity index (χ4v) is 3.00. The molecule has 1 amide bonds. The molecule has 1 saturated heterocycles. The van der Waals surface area contributed by atoms with Crippen LogP contribution in [-0.4, -0.2) is 60.1 Å². The lowest BCUT2D eigenvalue weighted by Gasteiger charge is -2.34. The molecule has 1 aliphatic rings. The molecule has 1 N–H and O–H groups in total. The highest BCUT2D eigenvalue weighted by molar-refractivity contribution is 5.98. The summed E-state index contributed by atoms with van der Waals surface area (Å²) in [7, 11) is 0. The van der Waals surface area contributed by atoms with Gasteiger partial charge in [-0.3, -0.25) is 14.4 Å². The van der Waals surface area contributed by atoms with Gasteiger partial charge < -0.3 is 19.5 Å². The standard InChI is InChI=1S/C19H25NO6/c1-3-26-17-6-4-14(10-13(17)2)16(21)5-7-18(22)20-8-9-25-12-15(20)11-19(23)24/h4,6,10,15H,3,5,7-9,11-12H2,1-2H3,(H,23,24). The number of aryl methyl sites for hydroxylation is 1. The average molecular weight is 363 g/mol. The van der Waals surface area contributed by atoms with Crippen molar-refractivity contribution in [1.82, 2.24) is 4.90 Å². The smallest absolute Gasteiger partial charge is 0.305 e. The normalized spacial score (nSPS) is 17.0. The highest BCUT2D eigenvalue weighted by Gasteiger charge is 2.29. The Morgan fingerprint density at radius 1 is 1.31 bits per heavy atom. The van der Waals surface area contributed by atoms with Gasteiger partial charge >= 0.3 is 5.97 Å². The minimum Gasteiger partial charge on any atom is -0.494 e. The van der Waals surface area contributed by atoms with Crippen LogP contribution in [0.5, 0.6) is 5.75 Å². The van der Waals surface area contributed by atoms with Crippen LogP contribution < -0.4 is 4.74 Å². The summed E-state index contributed by atoms with van der Waals surface area (Å²) in [5.41, 5.74) is 1.42. The molecule has 7 nitrogen and oxygen atoms in total. The van der Waals surface area contributed by atoms with Crippen LogP contribution in [0.3, 0.4) is 0 Å². The number of Topliss-reactive ketones (excluding diaryl/α,β-unsaturated/α-hetero) is 1. The molecule has 1 aliphatic heterocycles. The topological polar surface area (TPSA) is 93.1 Å². The van der Waals surface area contributed by atoms with Gasteiger partial charge in [-0.05, 0) is 37.6 Å². The summed E-state index contributed by atoms with van der Waals surface area (Å²) in [4.78, 5) is 37.3. The van der Waals surface area contributed by atoms with Crippen molar-refractivity contribution < 1.29 is 29.0 Å². The molecule has 0 saturated carbocycles. The van der Waals surface area contributed by atoms with E-state index in [1.54, 1.807) is 18.2 Å². The molecule has 1 unspecified atom stereocenters. The zero-order valence-corrected chi connectivity index (χ0v) is 15.2. The maximum absolute atomic E-state index is 12.4. The Morgan fingerprint density at radius 3 is 2.73 bits per heavy atom. The van der Waals surface area contributed by atoms with E-state index in [0.717, 1.165) is 11.3 Å². The molecule has 0 bridgehead atoms. The number of aliphatic carboxylic acids is 1. The van der Waals surface area contributed by atoms with Gasteiger partial charge in [-0.25, -0.2) is 0 Å². The fraction of sp³-hybridized carbons (Fsp3) is 0.526. The van der Waals surface area contributed by atoms with E-state index in [4.69, 9.17) is 14.6 Å². The van der Waals surface area contributed by atoms with Gasteiger partial charge in [0.2, 0.25) is 5.91 Å². The van der Waals surface area contributed by atoms with Crippen LogP contribution in [0.15, 0.2) is 18.2 Å². The number of hydrogen-bond donors (Lipinski definition) is 1. The summed E-state index contributed by atoms with van der Waals surface area (Å²) in [5, 5.41) is 8.96. The Hall–Kier alpha value is -2.41. The van der Waals surface area contributed by atoms with Crippen molar-refractivity contribution in [1.29, 1.82) is 0 Å². The number of ether oxygens (including phenoxy) is 2. The van der Waals surface area contributed by atoms with Gasteiger partial charge in [0.1, 0.15) is 5.75 Å². The summed E-state index contributed by atoms with van der Waals surface area (Å²) in [6.45, 7) is 5.27. The van der Waals surface area contributed by atoms with E-state index in [1.165, 1.54) is 4.90 Å². The average Bonchev–Trinajstić information content (AvgIpc) is 2.61. The largest absolute Gasteiger partial charge is 0.494 e. The molecule has 1 fully saturated rings. The zero-order chi connectivity index (χ0) is 19.1. The summed E-state index contributed by atoms with van der Waals surface area (Å²) < 4.78 is 10.7. The molecule has 142 valence electrons. The lowest BCUT2D eigenvalue weighted by Crippen LogP contribution is -2.49. The van der Waals surface area contributed by atoms with Crippen LogP contribution in [0.2, 0.25) is 0 Å². The van der Waals surface area contributed by atoms with E-state index in [2.05, 4.69) is 0 Å². The molecule has 2 rings (SSSR count). The predicted molar refractivity (Wildman–Crippen MR) is 94.5 cm³/mol. The van der Waals surface area contributed by atoms with Crippen molar-refractivity contribution in [3.63, 3.8) is 0 Å². The van der Waals surface area contributed by atoms with E-state index in [1.807, 2.05) is 13.8 Å². The third kappa shape index (κ3) is 5.29. The number of morpholine rings is 1. The number of hydrogen-bond acceptors (Lipinski definition) is 5. The van der Waals surface area contributed by atoms with Crippen LogP contribution in [0.1, 0.15) is 42.1 Å². The van der Waals surface area contributed by atoms with Gasteiger partial charge in [0.05, 0.1) is 32.3 Å². The first-order valence-electron chi connectivity index (χ1n) is 8.78. The summed E-state index contributed by atoms with van der Waals surface area (Å²) >= 11 is 0. The van der Waals surface area contributed by atoms with E-state index >= 15 is 0 Å². The summed E-state index contributed by atoms with van der Waals surface area (Å²) in [6, 6.07) is 4.75. The van der Waals surface area contributed by atoms with Crippen molar-refractivity contribution in [2.45, 2.75) is 39.2 Å². The molecule has 1 atom stereocenters. The molecule has 0 aliphatic carbocycles. The van der Waals surface area contributed by atoms with Gasteiger partial charge in [-0.15, -0.1) is 0 Å². The summed E-state index contributed by atoms with van der Waals surface area (Å²) in [5.74, 6) is -0.563. The minimum atomic E-state index is -0.973. The molecule has 26 heavy (non-hydrogen) atoms. The van der Waals surface area contributed by atoms with Gasteiger partial charge in [0, 0.05) is 24.9 Å². The lowest BCUT2D eigenvalue weighted by molar-refractivity contribution is -0.146. The van der Waals surface area contributed by atoms with Gasteiger partial charge in [0.25, 0.3) is 0 Å². The second-order valence-electron chi connectivity index (χ2n) is 6.25. The molecular formula is C19H25NO6. The molecular weight excluding hydrogens is 338 g/mol. The van der Waals surface area contributed by atoms with E-state index in [9.17, 15) is 14.4 Å². The number of carbonyl (C=O) groups is 3. The van der Waals surface area contributed by atoms with Gasteiger partial charge in [-0.2, -0.15) is 0 Å². The number of nitrogens with zero attached hydrogens (tertiary/aromatic N) is 1. The minimum absolute atomic E-state index is 0.0568. The van der Waals surface area contributed by atoms with Crippen molar-refractivity contribution in [3.8, 4) is 5.75 Å². The van der Waals surface area contributed by atoms with Crippen molar-refractivity contribution in [2.75, 3.05) is 26.4 Å². The van der Waals surface area contributed by atoms with Crippen molar-refractivity contribution >= 4 is 17.7 Å². The Labute approximate surface area is 152 Å². The Kier molecular flexibility index (Phi) is 7.15. The molecule has 0 radical (unpaired) electrons. The quantitative estimate of drug-likeness (QED) is 0.711. The monoisotopic (exact) mass is 363 g/mol. The maximum Gasteiger partial charge on any atom is 0.305 e. The molecule has 0 spiro atoms. The second kappa shape index (κ2) is 9.33. The first-order chi connectivity index (χ1) is 12.4. The van der Waals surface area contributed by atoms with Crippen LogP contribution in [0.25, 0.3) is 0 Å². The van der Waals surface area contributed by atoms with Crippen LogP contribution >= 0.6 is 0 Å². The number of rotatable bonds is 8. The summed E-state index contributed by atoms with van der Waals surface area (Å²) in [6.07, 6.45) is -0.0115. The highest BCUT2D eigenvalue weighted by atomic mass is 16.5. The van der Waals surface area contributed by atoms with Gasteiger partial charge in [0.15, 0.2) is 5.78 Å². The first kappa shape index (κ1) is 19.9.